The van der Waals surface area contributed by atoms with Crippen LogP contribution in [-0.4, -0.2) is 49.9 Å². The molecule has 0 saturated carbocycles. The van der Waals surface area contributed by atoms with Crippen molar-refractivity contribution >= 4 is 37.2 Å². The smallest absolute Gasteiger partial charge is 0.245 e. The second kappa shape index (κ2) is 8.88. The molecule has 8 heteroatoms. The van der Waals surface area contributed by atoms with E-state index >= 15 is 0 Å². The van der Waals surface area contributed by atoms with Gasteiger partial charge in [-0.15, -0.1) is 0 Å². The van der Waals surface area contributed by atoms with E-state index in [-0.39, 0.29) is 27.6 Å². The number of thioether (sulfide) groups is 1. The zero-order chi connectivity index (χ0) is 18.6. The lowest BCUT2D eigenvalue weighted by atomic mass is 10.1. The Kier molecular flexibility index (Phi) is 8.31. The highest BCUT2D eigenvalue weighted by atomic mass is 32.2. The van der Waals surface area contributed by atoms with Crippen LogP contribution in [0.15, 0.2) is 0 Å². The number of hydrogen-bond acceptors (Lipinski definition) is 6. The molecule has 1 saturated heterocycles. The molecule has 1 fully saturated rings. The highest BCUT2D eigenvalue weighted by Gasteiger charge is 2.39. The predicted molar refractivity (Wildman–Crippen MR) is 104 cm³/mol. The molecule has 0 aromatic carbocycles. The summed E-state index contributed by atoms with van der Waals surface area (Å²) in [6, 6.07) is 0. The Balaban J connectivity index is 2.56. The molecule has 0 aromatic heterocycles. The average Bonchev–Trinajstić information content (AvgIpc) is 2.38. The van der Waals surface area contributed by atoms with Crippen LogP contribution in [0.4, 0.5) is 4.79 Å². The standard InChI is InChI=1S/C16H32O5S2Si/c1-15(2,3)24(6,7)20-9-8-12-13(18-11-23-14(17)22)10-19-16(4,5)21-12/h12-13H,8-11H2,1-7H3,(H,17,22)/t12-,13-/m1/s1. The maximum absolute atomic E-state index is 10.9. The Morgan fingerprint density at radius 1 is 1.38 bits per heavy atom. The minimum Gasteiger partial charge on any atom is -0.417 e. The molecule has 0 amide bonds. The van der Waals surface area contributed by atoms with Gasteiger partial charge >= 0.3 is 0 Å². The molecule has 0 unspecified atom stereocenters. The lowest BCUT2D eigenvalue weighted by Gasteiger charge is -2.41. The third kappa shape index (κ3) is 7.35. The van der Waals surface area contributed by atoms with Crippen LogP contribution in [0.5, 0.6) is 0 Å². The molecule has 1 rings (SSSR count). The van der Waals surface area contributed by atoms with Crippen molar-refractivity contribution < 1.29 is 23.4 Å². The normalized spacial score (nSPS) is 24.8. The first-order valence-electron chi connectivity index (χ1n) is 8.27. The number of thiol groups is 1. The molecule has 142 valence electrons. The van der Waals surface area contributed by atoms with Crippen LogP contribution in [0.1, 0.15) is 41.0 Å². The Morgan fingerprint density at radius 3 is 2.54 bits per heavy atom. The summed E-state index contributed by atoms with van der Waals surface area (Å²) in [5.41, 5.74) is 0. The van der Waals surface area contributed by atoms with E-state index in [4.69, 9.17) is 18.6 Å². The third-order valence-corrected chi connectivity index (χ3v) is 10.0. The monoisotopic (exact) mass is 396 g/mol. The number of rotatable bonds is 7. The maximum Gasteiger partial charge on any atom is 0.245 e. The second-order valence-corrected chi connectivity index (χ2v) is 14.4. The van der Waals surface area contributed by atoms with Crippen molar-refractivity contribution in [1.29, 1.82) is 0 Å². The van der Waals surface area contributed by atoms with Gasteiger partial charge in [0, 0.05) is 6.61 Å². The topological polar surface area (TPSA) is 54.0 Å². The quantitative estimate of drug-likeness (QED) is 0.383. The van der Waals surface area contributed by atoms with Crippen molar-refractivity contribution in [3.8, 4) is 0 Å². The van der Waals surface area contributed by atoms with Gasteiger partial charge in [0.25, 0.3) is 0 Å². The van der Waals surface area contributed by atoms with Gasteiger partial charge in [-0.2, -0.15) is 0 Å². The van der Waals surface area contributed by atoms with E-state index in [1.807, 2.05) is 13.8 Å². The molecule has 1 aliphatic rings. The fourth-order valence-electron chi connectivity index (χ4n) is 2.08. The van der Waals surface area contributed by atoms with Gasteiger partial charge in [0.2, 0.25) is 4.45 Å². The summed E-state index contributed by atoms with van der Waals surface area (Å²) in [7, 11) is -1.77. The Labute approximate surface area is 157 Å². The van der Waals surface area contributed by atoms with Crippen LogP contribution in [0.3, 0.4) is 0 Å². The summed E-state index contributed by atoms with van der Waals surface area (Å²) in [4.78, 5) is 10.9. The van der Waals surface area contributed by atoms with E-state index in [1.165, 1.54) is 0 Å². The summed E-state index contributed by atoms with van der Waals surface area (Å²) in [5.74, 6) is -0.381. The van der Waals surface area contributed by atoms with Gasteiger partial charge in [0.15, 0.2) is 14.1 Å². The van der Waals surface area contributed by atoms with Crippen LogP contribution in [-0.2, 0) is 18.6 Å². The van der Waals surface area contributed by atoms with Crippen molar-refractivity contribution in [1.82, 2.24) is 0 Å². The summed E-state index contributed by atoms with van der Waals surface area (Å²) in [6.45, 7) is 16.0. The van der Waals surface area contributed by atoms with E-state index in [1.54, 1.807) is 0 Å². The molecule has 2 atom stereocenters. The first-order valence-corrected chi connectivity index (χ1v) is 12.6. The summed E-state index contributed by atoms with van der Waals surface area (Å²) in [6.07, 6.45) is 0.416. The number of hydrogen-bond donors (Lipinski definition) is 1. The number of carbonyl (C=O) groups excluding carboxylic acids is 1. The van der Waals surface area contributed by atoms with Crippen LogP contribution in [0, 0.1) is 0 Å². The average molecular weight is 397 g/mol. The molecule has 0 aromatic rings. The highest BCUT2D eigenvalue weighted by molar-refractivity contribution is 8.31. The molecule has 0 bridgehead atoms. The van der Waals surface area contributed by atoms with Crippen molar-refractivity contribution in [2.24, 2.45) is 0 Å². The molecular formula is C16H32O5S2Si. The molecule has 5 nitrogen and oxygen atoms in total. The minimum absolute atomic E-state index is 0.117. The largest absolute Gasteiger partial charge is 0.417 e. The number of carbonyl (C=O) groups is 1. The fourth-order valence-corrected chi connectivity index (χ4v) is 3.65. The van der Waals surface area contributed by atoms with Crippen LogP contribution >= 0.6 is 24.4 Å². The van der Waals surface area contributed by atoms with Gasteiger partial charge in [0.05, 0.1) is 12.7 Å². The molecule has 1 heterocycles. The third-order valence-electron chi connectivity index (χ3n) is 4.58. The van der Waals surface area contributed by atoms with E-state index < -0.39 is 14.1 Å². The Hall–Kier alpha value is 0.427. The zero-order valence-corrected chi connectivity index (χ0v) is 18.6. The lowest BCUT2D eigenvalue weighted by molar-refractivity contribution is -0.309. The summed E-state index contributed by atoms with van der Waals surface area (Å²) < 4.78 is 23.4. The minimum atomic E-state index is -1.77. The molecule has 0 spiro atoms. The van der Waals surface area contributed by atoms with Crippen molar-refractivity contribution in [2.45, 2.75) is 77.2 Å². The number of ether oxygens (including phenoxy) is 3. The Bertz CT molecular complexity index is 423. The first kappa shape index (κ1) is 22.5. The SMILES string of the molecule is CC1(C)OC[C@@H](OCSC(=O)S)[C@@H](CCO[Si](C)(C)C(C)(C)C)O1. The second-order valence-electron chi connectivity index (χ2n) is 8.00. The van der Waals surface area contributed by atoms with Crippen LogP contribution in [0.25, 0.3) is 0 Å². The van der Waals surface area contributed by atoms with Gasteiger partial charge in [0.1, 0.15) is 12.0 Å². The lowest BCUT2D eigenvalue weighted by Crippen LogP contribution is -2.50. The molecule has 0 radical (unpaired) electrons. The molecule has 0 aliphatic carbocycles. The van der Waals surface area contributed by atoms with Gasteiger partial charge in [-0.1, -0.05) is 33.4 Å². The highest BCUT2D eigenvalue weighted by Crippen LogP contribution is 2.37. The molecule has 1 aliphatic heterocycles. The van der Waals surface area contributed by atoms with Crippen molar-refractivity contribution in [3.05, 3.63) is 0 Å². The van der Waals surface area contributed by atoms with E-state index in [0.717, 1.165) is 18.2 Å². The van der Waals surface area contributed by atoms with Gasteiger partial charge in [-0.25, -0.2) is 0 Å². The van der Waals surface area contributed by atoms with Crippen LogP contribution in [0.2, 0.25) is 18.1 Å². The fraction of sp³-hybridized carbons (Fsp3) is 0.938. The van der Waals surface area contributed by atoms with Crippen LogP contribution < -0.4 is 0 Å². The van der Waals surface area contributed by atoms with E-state index in [0.29, 0.717) is 13.2 Å². The zero-order valence-electron chi connectivity index (χ0n) is 15.9. The van der Waals surface area contributed by atoms with Gasteiger partial charge in [-0.3, -0.25) is 4.79 Å². The molecule has 0 N–H and O–H groups in total. The van der Waals surface area contributed by atoms with E-state index in [2.05, 4.69) is 46.5 Å². The van der Waals surface area contributed by atoms with Gasteiger partial charge in [-0.05, 0) is 50.2 Å². The molecular weight excluding hydrogens is 364 g/mol. The summed E-state index contributed by atoms with van der Waals surface area (Å²) in [5, 5.41) is 0.183. The first-order chi connectivity index (χ1) is 10.8. The maximum atomic E-state index is 10.9. The summed E-state index contributed by atoms with van der Waals surface area (Å²) >= 11 is 4.75. The van der Waals surface area contributed by atoms with Crippen molar-refractivity contribution in [2.75, 3.05) is 19.2 Å². The van der Waals surface area contributed by atoms with Crippen molar-refractivity contribution in [3.63, 3.8) is 0 Å². The molecule has 24 heavy (non-hydrogen) atoms. The van der Waals surface area contributed by atoms with E-state index in [9.17, 15) is 4.79 Å². The van der Waals surface area contributed by atoms with Gasteiger partial charge < -0.3 is 18.6 Å². The predicted octanol–water partition coefficient (Wildman–Crippen LogP) is 4.68. The Morgan fingerprint density at radius 2 is 2.00 bits per heavy atom.